The normalized spacial score (nSPS) is 13.8. The van der Waals surface area contributed by atoms with Gasteiger partial charge in [0.2, 0.25) is 0 Å². The number of hydrogen-bond acceptors (Lipinski definition) is 15. The minimum atomic E-state index is -4.96. The highest BCUT2D eigenvalue weighted by atomic mass is 31.2. The summed E-state index contributed by atoms with van der Waals surface area (Å²) >= 11 is 0. The Morgan fingerprint density at radius 3 is 0.654 bits per heavy atom. The van der Waals surface area contributed by atoms with E-state index in [0.29, 0.717) is 25.7 Å². The average molecular weight is 1520 g/mol. The lowest BCUT2D eigenvalue weighted by Gasteiger charge is -2.21. The van der Waals surface area contributed by atoms with Crippen LogP contribution in [0.2, 0.25) is 0 Å². The second-order valence-electron chi connectivity index (χ2n) is 31.1. The predicted octanol–water partition coefficient (Wildman–Crippen LogP) is 26.0. The van der Waals surface area contributed by atoms with Gasteiger partial charge < -0.3 is 33.8 Å². The fraction of sp³-hybridized carbons (Fsp3) is 0.953. The molecule has 0 aromatic heterocycles. The molecule has 0 fully saturated rings. The Hall–Kier alpha value is -1.94. The molecular weight excluding hydrogens is 1350 g/mol. The van der Waals surface area contributed by atoms with E-state index in [2.05, 4.69) is 34.6 Å². The molecule has 618 valence electrons. The zero-order valence-electron chi connectivity index (χ0n) is 68.2. The molecule has 2 unspecified atom stereocenters. The maximum Gasteiger partial charge on any atom is 0.472 e. The standard InChI is InChI=1S/C85H166O17P2/c1-6-9-12-15-18-21-24-27-29-31-33-35-37-40-43-49-54-59-64-69-83(88)96-74-80(101-84(89)70-65-60-55-50-44-41-38-36-34-32-30-28-25-22-19-16-13-10-7-2)76-99-103(91,92)97-72-79(86)73-98-104(93,94)100-77-81(102-85(90)71-66-61-56-51-46-45-47-52-57-62-67-78(4)5)75-95-82(87)68-63-58-53-48-42-39-26-23-20-17-14-11-8-3/h78-81,86H,6-77H2,1-5H3,(H,91,92)(H,93,94)/t79-,80-,81-/m1/s1. The molecule has 0 bridgehead atoms. The van der Waals surface area contributed by atoms with E-state index in [1.54, 1.807) is 0 Å². The largest absolute Gasteiger partial charge is 0.472 e. The van der Waals surface area contributed by atoms with E-state index in [0.717, 1.165) is 95.8 Å². The van der Waals surface area contributed by atoms with E-state index < -0.39 is 97.5 Å². The smallest absolute Gasteiger partial charge is 0.462 e. The molecule has 0 rings (SSSR count). The van der Waals surface area contributed by atoms with Crippen molar-refractivity contribution in [3.63, 3.8) is 0 Å². The molecule has 0 saturated carbocycles. The van der Waals surface area contributed by atoms with Crippen molar-refractivity contribution in [3.8, 4) is 0 Å². The van der Waals surface area contributed by atoms with Gasteiger partial charge in [-0.25, -0.2) is 9.13 Å². The predicted molar refractivity (Wildman–Crippen MR) is 428 cm³/mol. The van der Waals surface area contributed by atoms with E-state index in [-0.39, 0.29) is 25.7 Å². The van der Waals surface area contributed by atoms with Crippen LogP contribution in [0.5, 0.6) is 0 Å². The van der Waals surface area contributed by atoms with E-state index in [1.807, 2.05) is 0 Å². The zero-order chi connectivity index (χ0) is 76.2. The van der Waals surface area contributed by atoms with Gasteiger partial charge in [-0.15, -0.1) is 0 Å². The first kappa shape index (κ1) is 102. The van der Waals surface area contributed by atoms with Crippen molar-refractivity contribution < 1.29 is 80.2 Å². The summed E-state index contributed by atoms with van der Waals surface area (Å²) < 4.78 is 68.9. The van der Waals surface area contributed by atoms with Gasteiger partial charge in [0, 0.05) is 25.7 Å². The summed E-state index contributed by atoms with van der Waals surface area (Å²) in [5.41, 5.74) is 0. The van der Waals surface area contributed by atoms with Gasteiger partial charge in [0.05, 0.1) is 26.4 Å². The first-order valence-electron chi connectivity index (χ1n) is 44.1. The Labute approximate surface area is 638 Å². The number of aliphatic hydroxyl groups excluding tert-OH is 1. The number of rotatable bonds is 85. The van der Waals surface area contributed by atoms with Crippen LogP contribution in [0.25, 0.3) is 0 Å². The Balaban J connectivity index is 5.24. The maximum atomic E-state index is 13.1. The minimum absolute atomic E-state index is 0.107. The Morgan fingerprint density at radius 1 is 0.260 bits per heavy atom. The van der Waals surface area contributed by atoms with Crippen molar-refractivity contribution in [2.45, 2.75) is 477 Å². The first-order valence-corrected chi connectivity index (χ1v) is 47.1. The second kappa shape index (κ2) is 77.8. The fourth-order valence-electron chi connectivity index (χ4n) is 13.3. The summed E-state index contributed by atoms with van der Waals surface area (Å²) in [6.07, 6.45) is 70.8. The Bertz CT molecular complexity index is 1980. The van der Waals surface area contributed by atoms with Gasteiger partial charge in [0.1, 0.15) is 19.3 Å². The van der Waals surface area contributed by atoms with Crippen molar-refractivity contribution in [2.24, 2.45) is 5.92 Å². The molecule has 17 nitrogen and oxygen atoms in total. The third-order valence-electron chi connectivity index (χ3n) is 20.0. The van der Waals surface area contributed by atoms with Crippen molar-refractivity contribution in [1.82, 2.24) is 0 Å². The van der Waals surface area contributed by atoms with Gasteiger partial charge in [0.15, 0.2) is 12.2 Å². The highest BCUT2D eigenvalue weighted by Gasteiger charge is 2.30. The number of hydrogen-bond donors (Lipinski definition) is 3. The lowest BCUT2D eigenvalue weighted by molar-refractivity contribution is -0.161. The van der Waals surface area contributed by atoms with Gasteiger partial charge >= 0.3 is 39.5 Å². The molecule has 0 spiro atoms. The van der Waals surface area contributed by atoms with Gasteiger partial charge in [-0.1, -0.05) is 407 Å². The molecular formula is C85H166O17P2. The molecule has 0 amide bonds. The number of carbonyl (C=O) groups is 4. The van der Waals surface area contributed by atoms with Crippen LogP contribution < -0.4 is 0 Å². The van der Waals surface area contributed by atoms with Crippen LogP contribution in [0.4, 0.5) is 0 Å². The number of phosphoric ester groups is 2. The Morgan fingerprint density at radius 2 is 0.442 bits per heavy atom. The van der Waals surface area contributed by atoms with Crippen LogP contribution in [0.1, 0.15) is 458 Å². The molecule has 0 aliphatic carbocycles. The summed E-state index contributed by atoms with van der Waals surface area (Å²) in [5.74, 6) is -1.35. The lowest BCUT2D eigenvalue weighted by Crippen LogP contribution is -2.30. The highest BCUT2D eigenvalue weighted by Crippen LogP contribution is 2.45. The van der Waals surface area contributed by atoms with Crippen molar-refractivity contribution in [1.29, 1.82) is 0 Å². The number of carbonyl (C=O) groups excluding carboxylic acids is 4. The molecule has 0 aliphatic heterocycles. The van der Waals surface area contributed by atoms with E-state index in [1.165, 1.54) is 283 Å². The van der Waals surface area contributed by atoms with Crippen molar-refractivity contribution in [3.05, 3.63) is 0 Å². The molecule has 0 aromatic carbocycles. The summed E-state index contributed by atoms with van der Waals surface area (Å²) in [5, 5.41) is 10.7. The quantitative estimate of drug-likeness (QED) is 0.0222. The molecule has 0 saturated heterocycles. The number of esters is 4. The van der Waals surface area contributed by atoms with Gasteiger partial charge in [-0.2, -0.15) is 0 Å². The summed E-state index contributed by atoms with van der Waals surface area (Å²) in [4.78, 5) is 73.2. The van der Waals surface area contributed by atoms with Crippen molar-refractivity contribution >= 4 is 39.5 Å². The third-order valence-corrected chi connectivity index (χ3v) is 21.9. The van der Waals surface area contributed by atoms with Gasteiger partial charge in [-0.3, -0.25) is 37.3 Å². The van der Waals surface area contributed by atoms with Crippen LogP contribution in [-0.2, 0) is 65.4 Å². The minimum Gasteiger partial charge on any atom is -0.462 e. The molecule has 104 heavy (non-hydrogen) atoms. The lowest BCUT2D eigenvalue weighted by atomic mass is 10.0. The molecule has 19 heteroatoms. The van der Waals surface area contributed by atoms with Crippen molar-refractivity contribution in [2.75, 3.05) is 39.6 Å². The number of aliphatic hydroxyl groups is 1. The van der Waals surface area contributed by atoms with Crippen LogP contribution >= 0.6 is 15.6 Å². The van der Waals surface area contributed by atoms with Crippen LogP contribution in [0.15, 0.2) is 0 Å². The molecule has 5 atom stereocenters. The molecule has 0 aliphatic rings. The summed E-state index contributed by atoms with van der Waals surface area (Å²) in [6, 6.07) is 0. The summed E-state index contributed by atoms with van der Waals surface area (Å²) in [7, 11) is -9.93. The summed E-state index contributed by atoms with van der Waals surface area (Å²) in [6.45, 7) is 7.35. The number of unbranched alkanes of at least 4 members (excludes halogenated alkanes) is 57. The van der Waals surface area contributed by atoms with Gasteiger partial charge in [-0.05, 0) is 31.6 Å². The number of ether oxygens (including phenoxy) is 4. The molecule has 3 N–H and O–H groups in total. The second-order valence-corrected chi connectivity index (χ2v) is 34.0. The van der Waals surface area contributed by atoms with Crippen LogP contribution in [0, 0.1) is 5.92 Å². The molecule has 0 radical (unpaired) electrons. The molecule has 0 heterocycles. The highest BCUT2D eigenvalue weighted by molar-refractivity contribution is 7.47. The fourth-order valence-corrected chi connectivity index (χ4v) is 14.9. The van der Waals surface area contributed by atoms with Gasteiger partial charge in [0.25, 0.3) is 0 Å². The van der Waals surface area contributed by atoms with Crippen LogP contribution in [0.3, 0.4) is 0 Å². The van der Waals surface area contributed by atoms with E-state index in [4.69, 9.17) is 37.0 Å². The topological polar surface area (TPSA) is 237 Å². The monoisotopic (exact) mass is 1520 g/mol. The first-order chi connectivity index (χ1) is 50.5. The van der Waals surface area contributed by atoms with E-state index >= 15 is 0 Å². The third kappa shape index (κ3) is 78.2. The van der Waals surface area contributed by atoms with Crippen LogP contribution in [-0.4, -0.2) is 96.7 Å². The number of phosphoric acid groups is 2. The maximum absolute atomic E-state index is 13.1. The average Bonchev–Trinajstić information content (AvgIpc) is 0.902. The zero-order valence-corrected chi connectivity index (χ0v) is 70.0. The Kier molecular flexibility index (Phi) is 76.3. The van der Waals surface area contributed by atoms with E-state index in [9.17, 15) is 43.2 Å². The SMILES string of the molecule is CCCCCCCCCCCCCCCCCCCCCC(=O)OC[C@H](COP(=O)(O)OC[C@@H](O)COP(=O)(O)OC[C@@H](COC(=O)CCCCCCCCCCCCCCC)OC(=O)CCCCCCCCCCCCC(C)C)OC(=O)CCCCCCCCCCCCCCCCCCCCC. The molecule has 0 aromatic rings.